The molecule has 34 heavy (non-hydrogen) atoms. The number of nitrogens with zero attached hydrogens (tertiary/aromatic N) is 1. The Morgan fingerprint density at radius 3 is 2.50 bits per heavy atom. The molecule has 1 heterocycles. The van der Waals surface area contributed by atoms with E-state index in [0.717, 1.165) is 16.8 Å². The number of rotatable bonds is 8. The smallest absolute Gasteiger partial charge is 0.335 e. The van der Waals surface area contributed by atoms with Crippen LogP contribution < -0.4 is 14.8 Å². The van der Waals surface area contributed by atoms with E-state index < -0.39 is 5.97 Å². The fraction of sp³-hybridized carbons (Fsp3) is 0.115. The fourth-order valence-corrected chi connectivity index (χ4v) is 4.00. The summed E-state index contributed by atoms with van der Waals surface area (Å²) < 4.78 is 11.7. The molecule has 1 fully saturated rings. The quantitative estimate of drug-likeness (QED) is 0.433. The van der Waals surface area contributed by atoms with E-state index in [1.807, 2.05) is 49.4 Å². The number of carboxylic acids is 1. The van der Waals surface area contributed by atoms with Crippen molar-refractivity contribution in [3.63, 3.8) is 0 Å². The Morgan fingerprint density at radius 1 is 1.03 bits per heavy atom. The van der Waals surface area contributed by atoms with Crippen LogP contribution >= 0.6 is 11.8 Å². The molecule has 0 aromatic heterocycles. The van der Waals surface area contributed by atoms with Gasteiger partial charge in [-0.15, -0.1) is 0 Å². The zero-order valence-electron chi connectivity index (χ0n) is 18.4. The second-order valence-electron chi connectivity index (χ2n) is 7.25. The van der Waals surface area contributed by atoms with Gasteiger partial charge in [0.25, 0.3) is 5.91 Å². The van der Waals surface area contributed by atoms with Crippen molar-refractivity contribution in [3.05, 3.63) is 94.4 Å². The van der Waals surface area contributed by atoms with Gasteiger partial charge in [0.15, 0.2) is 16.7 Å². The van der Waals surface area contributed by atoms with E-state index in [2.05, 4.69) is 10.3 Å². The zero-order chi connectivity index (χ0) is 23.9. The Bertz CT molecular complexity index is 1250. The van der Waals surface area contributed by atoms with Gasteiger partial charge in [0, 0.05) is 0 Å². The maximum Gasteiger partial charge on any atom is 0.335 e. The summed E-state index contributed by atoms with van der Waals surface area (Å²) in [7, 11) is 0. The number of amides is 1. The predicted octanol–water partition coefficient (Wildman–Crippen LogP) is 5.25. The number of nitrogens with one attached hydrogen (secondary N) is 1. The summed E-state index contributed by atoms with van der Waals surface area (Å²) in [6.45, 7) is 2.59. The zero-order valence-corrected chi connectivity index (χ0v) is 19.2. The molecule has 0 bridgehead atoms. The van der Waals surface area contributed by atoms with E-state index in [0.29, 0.717) is 28.2 Å². The Kier molecular flexibility index (Phi) is 7.29. The van der Waals surface area contributed by atoms with E-state index in [4.69, 9.17) is 14.6 Å². The summed E-state index contributed by atoms with van der Waals surface area (Å²) in [5.41, 5.74) is 2.62. The molecule has 2 N–H and O–H groups in total. The van der Waals surface area contributed by atoms with E-state index in [-0.39, 0.29) is 18.1 Å². The number of aliphatic imine (C=N–C) groups is 1. The minimum atomic E-state index is -0.969. The first-order valence-corrected chi connectivity index (χ1v) is 11.4. The maximum atomic E-state index is 12.4. The highest BCUT2D eigenvalue weighted by Crippen LogP contribution is 2.33. The molecule has 1 amide bonds. The number of hydrogen-bond donors (Lipinski definition) is 2. The van der Waals surface area contributed by atoms with Crippen molar-refractivity contribution in [1.82, 2.24) is 5.32 Å². The average molecular weight is 475 g/mol. The van der Waals surface area contributed by atoms with Gasteiger partial charge in [-0.05, 0) is 72.3 Å². The number of hydrogen-bond acceptors (Lipinski definition) is 6. The Hall–Kier alpha value is -4.04. The van der Waals surface area contributed by atoms with Crippen LogP contribution in [0.4, 0.5) is 5.69 Å². The van der Waals surface area contributed by atoms with Gasteiger partial charge in [-0.25, -0.2) is 9.79 Å². The Balaban J connectivity index is 1.48. The van der Waals surface area contributed by atoms with E-state index in [1.165, 1.54) is 11.8 Å². The summed E-state index contributed by atoms with van der Waals surface area (Å²) >= 11 is 1.28. The van der Waals surface area contributed by atoms with Crippen LogP contribution in [0.2, 0.25) is 0 Å². The molecule has 0 spiro atoms. The summed E-state index contributed by atoms with van der Waals surface area (Å²) in [5, 5.41) is 12.3. The number of benzene rings is 3. The van der Waals surface area contributed by atoms with Crippen LogP contribution in [0, 0.1) is 0 Å². The number of aromatic carboxylic acids is 1. The van der Waals surface area contributed by atoms with Gasteiger partial charge in [0.1, 0.15) is 6.61 Å². The fourth-order valence-electron chi connectivity index (χ4n) is 3.16. The van der Waals surface area contributed by atoms with Crippen LogP contribution in [0.5, 0.6) is 11.5 Å². The first-order chi connectivity index (χ1) is 16.5. The van der Waals surface area contributed by atoms with Gasteiger partial charge < -0.3 is 19.9 Å². The number of carbonyl (C=O) groups is 2. The van der Waals surface area contributed by atoms with Gasteiger partial charge in [0.2, 0.25) is 0 Å². The Labute approximate surface area is 201 Å². The lowest BCUT2D eigenvalue weighted by Crippen LogP contribution is -2.19. The number of carbonyl (C=O) groups excluding carboxylic acids is 1. The molecule has 8 heteroatoms. The van der Waals surface area contributed by atoms with Crippen LogP contribution in [0.1, 0.15) is 28.4 Å². The molecule has 0 atom stereocenters. The van der Waals surface area contributed by atoms with Gasteiger partial charge in [-0.2, -0.15) is 0 Å². The van der Waals surface area contributed by atoms with Crippen LogP contribution in [0.25, 0.3) is 6.08 Å². The lowest BCUT2D eigenvalue weighted by molar-refractivity contribution is -0.115. The lowest BCUT2D eigenvalue weighted by Gasteiger charge is -2.13. The van der Waals surface area contributed by atoms with Gasteiger partial charge in [-0.3, -0.25) is 4.79 Å². The standard InChI is InChI=1S/C26H22N2O5S/c1-2-32-22-14-18(10-13-21(22)33-16-17-8-11-19(12-9-17)25(30)31)15-23-24(29)28-26(34-23)27-20-6-4-3-5-7-20/h3-15H,2,16H2,1H3,(H,30,31)(H,27,28,29)/b23-15-. The van der Waals surface area contributed by atoms with Crippen molar-refractivity contribution in [2.75, 3.05) is 6.61 Å². The molecule has 172 valence electrons. The van der Waals surface area contributed by atoms with Crippen LogP contribution in [-0.4, -0.2) is 28.8 Å². The summed E-state index contributed by atoms with van der Waals surface area (Å²) in [4.78, 5) is 28.4. The molecule has 0 aliphatic carbocycles. The molecule has 1 saturated heterocycles. The van der Waals surface area contributed by atoms with E-state index in [1.54, 1.807) is 36.4 Å². The predicted molar refractivity (Wildman–Crippen MR) is 133 cm³/mol. The van der Waals surface area contributed by atoms with Gasteiger partial charge in [0.05, 0.1) is 22.8 Å². The number of ether oxygens (including phenoxy) is 2. The minimum Gasteiger partial charge on any atom is -0.490 e. The third-order valence-electron chi connectivity index (χ3n) is 4.80. The van der Waals surface area contributed by atoms with Crippen molar-refractivity contribution in [2.45, 2.75) is 13.5 Å². The molecule has 3 aromatic carbocycles. The largest absolute Gasteiger partial charge is 0.490 e. The third-order valence-corrected chi connectivity index (χ3v) is 5.71. The first-order valence-electron chi connectivity index (χ1n) is 10.6. The molecule has 1 aliphatic rings. The molecular formula is C26H22N2O5S. The average Bonchev–Trinajstić information content (AvgIpc) is 3.18. The van der Waals surface area contributed by atoms with Crippen molar-refractivity contribution in [1.29, 1.82) is 0 Å². The molecule has 4 rings (SSSR count). The minimum absolute atomic E-state index is 0.206. The SMILES string of the molecule is CCOc1cc(/C=C2\SC(=Nc3ccccc3)NC2=O)ccc1OCc1ccc(C(=O)O)cc1. The second kappa shape index (κ2) is 10.7. The van der Waals surface area contributed by atoms with Gasteiger partial charge >= 0.3 is 5.97 Å². The van der Waals surface area contributed by atoms with Crippen LogP contribution in [-0.2, 0) is 11.4 Å². The molecule has 7 nitrogen and oxygen atoms in total. The number of carboxylic acid groups (broad SMARTS) is 1. The summed E-state index contributed by atoms with van der Waals surface area (Å²) in [6, 6.07) is 21.4. The van der Waals surface area contributed by atoms with Crippen LogP contribution in [0.15, 0.2) is 82.7 Å². The number of amidine groups is 1. The number of para-hydroxylation sites is 1. The lowest BCUT2D eigenvalue weighted by atomic mass is 10.1. The van der Waals surface area contributed by atoms with Crippen molar-refractivity contribution < 1.29 is 24.2 Å². The molecule has 1 aliphatic heterocycles. The van der Waals surface area contributed by atoms with E-state index >= 15 is 0 Å². The summed E-state index contributed by atoms with van der Waals surface area (Å²) in [6.07, 6.45) is 1.78. The number of thioether (sulfide) groups is 1. The third kappa shape index (κ3) is 5.85. The second-order valence-corrected chi connectivity index (χ2v) is 8.28. The molecular weight excluding hydrogens is 452 g/mol. The first kappa shape index (κ1) is 23.1. The van der Waals surface area contributed by atoms with Crippen molar-refractivity contribution in [2.24, 2.45) is 4.99 Å². The Morgan fingerprint density at radius 2 is 1.79 bits per heavy atom. The monoisotopic (exact) mass is 474 g/mol. The van der Waals surface area contributed by atoms with Crippen molar-refractivity contribution >= 4 is 40.6 Å². The normalized spacial score (nSPS) is 15.4. The maximum absolute atomic E-state index is 12.4. The van der Waals surface area contributed by atoms with Crippen LogP contribution in [0.3, 0.4) is 0 Å². The molecule has 0 radical (unpaired) electrons. The van der Waals surface area contributed by atoms with Gasteiger partial charge in [-0.1, -0.05) is 36.4 Å². The highest BCUT2D eigenvalue weighted by molar-refractivity contribution is 8.18. The van der Waals surface area contributed by atoms with E-state index in [9.17, 15) is 9.59 Å². The topological polar surface area (TPSA) is 97.2 Å². The highest BCUT2D eigenvalue weighted by atomic mass is 32.2. The molecule has 0 saturated carbocycles. The molecule has 0 unspecified atom stereocenters. The molecule has 3 aromatic rings. The van der Waals surface area contributed by atoms with Crippen molar-refractivity contribution in [3.8, 4) is 11.5 Å². The highest BCUT2D eigenvalue weighted by Gasteiger charge is 2.24. The summed E-state index contributed by atoms with van der Waals surface area (Å²) in [5.74, 6) is -0.0621.